The first kappa shape index (κ1) is 13.0. The number of benzene rings is 1. The molecule has 7 nitrogen and oxygen atoms in total. The fourth-order valence-electron chi connectivity index (χ4n) is 0.837. The Balaban J connectivity index is 3.28. The van der Waals surface area contributed by atoms with E-state index in [9.17, 15) is 18.5 Å². The van der Waals surface area contributed by atoms with Gasteiger partial charge in [-0.1, -0.05) is 23.2 Å². The van der Waals surface area contributed by atoms with Gasteiger partial charge in [0, 0.05) is 12.1 Å². The van der Waals surface area contributed by atoms with Crippen molar-refractivity contribution in [2.45, 2.75) is 0 Å². The molecule has 1 rings (SSSR count). The maximum Gasteiger partial charge on any atom is 0.446 e. The van der Waals surface area contributed by atoms with Gasteiger partial charge in [-0.3, -0.25) is 14.7 Å². The summed E-state index contributed by atoms with van der Waals surface area (Å²) in [6.07, 6.45) is 0. The third-order valence-electron chi connectivity index (χ3n) is 1.38. The Labute approximate surface area is 99.6 Å². The summed E-state index contributed by atoms with van der Waals surface area (Å²) in [5.74, 6) is -0.573. The van der Waals surface area contributed by atoms with Crippen molar-refractivity contribution in [2.75, 3.05) is 0 Å². The van der Waals surface area contributed by atoms with Crippen molar-refractivity contribution < 1.29 is 22.1 Å². The molecule has 1 aromatic carbocycles. The lowest BCUT2D eigenvalue weighted by atomic mass is 10.3. The minimum atomic E-state index is -4.79. The van der Waals surface area contributed by atoms with E-state index in [1.54, 1.807) is 0 Å². The van der Waals surface area contributed by atoms with Gasteiger partial charge in [-0.25, -0.2) is 0 Å². The van der Waals surface area contributed by atoms with Crippen molar-refractivity contribution in [3.63, 3.8) is 0 Å². The molecular weight excluding hydrogens is 285 g/mol. The molecule has 1 aromatic rings. The Kier molecular flexibility index (Phi) is 3.58. The molecule has 10 heteroatoms. The van der Waals surface area contributed by atoms with Crippen LogP contribution in [0.3, 0.4) is 0 Å². The van der Waals surface area contributed by atoms with E-state index in [1.165, 1.54) is 0 Å². The zero-order valence-electron chi connectivity index (χ0n) is 7.25. The van der Waals surface area contributed by atoms with Crippen LogP contribution in [0.5, 0.6) is 5.75 Å². The minimum Gasteiger partial charge on any atom is -0.359 e. The molecule has 0 amide bonds. The highest BCUT2D eigenvalue weighted by Crippen LogP contribution is 2.37. The van der Waals surface area contributed by atoms with Crippen LogP contribution in [0.25, 0.3) is 0 Å². The normalized spacial score (nSPS) is 11.2. The molecule has 0 saturated carbocycles. The molecule has 0 unspecified atom stereocenters. The number of hydrogen-bond acceptors (Lipinski definition) is 5. The first-order chi connectivity index (χ1) is 7.20. The lowest BCUT2D eigenvalue weighted by Crippen LogP contribution is -2.07. The van der Waals surface area contributed by atoms with E-state index in [-0.39, 0.29) is 0 Å². The number of halogens is 2. The second-order valence-corrected chi connectivity index (χ2v) is 4.34. The molecule has 0 atom stereocenters. The monoisotopic (exact) mass is 287 g/mol. The Hall–Kier alpha value is -1.09. The van der Waals surface area contributed by atoms with E-state index in [4.69, 9.17) is 27.8 Å². The van der Waals surface area contributed by atoms with Crippen molar-refractivity contribution in [3.8, 4) is 5.75 Å². The van der Waals surface area contributed by atoms with E-state index >= 15 is 0 Å². The van der Waals surface area contributed by atoms with Gasteiger partial charge in [0.2, 0.25) is 0 Å². The maximum absolute atomic E-state index is 10.4. The van der Waals surface area contributed by atoms with Gasteiger partial charge in [0.25, 0.3) is 5.69 Å². The Morgan fingerprint density at radius 2 is 1.75 bits per heavy atom. The van der Waals surface area contributed by atoms with Gasteiger partial charge < -0.3 is 4.18 Å². The highest BCUT2D eigenvalue weighted by atomic mass is 35.5. The molecule has 0 bridgehead atoms. The molecule has 0 heterocycles. The third-order valence-corrected chi connectivity index (χ3v) is 2.32. The van der Waals surface area contributed by atoms with E-state index in [2.05, 4.69) is 4.18 Å². The molecule has 88 valence electrons. The minimum absolute atomic E-state index is 0.406. The van der Waals surface area contributed by atoms with E-state index in [0.29, 0.717) is 0 Å². The Morgan fingerprint density at radius 3 is 2.06 bits per heavy atom. The fraction of sp³-hybridized carbons (Fsp3) is 0. The largest absolute Gasteiger partial charge is 0.446 e. The molecule has 0 spiro atoms. The van der Waals surface area contributed by atoms with Crippen LogP contribution in [0.1, 0.15) is 0 Å². The van der Waals surface area contributed by atoms with Gasteiger partial charge in [0.1, 0.15) is 0 Å². The number of nitro benzene ring substituents is 1. The summed E-state index contributed by atoms with van der Waals surface area (Å²) >= 11 is 11.0. The van der Waals surface area contributed by atoms with Crippen LogP contribution >= 0.6 is 23.2 Å². The van der Waals surface area contributed by atoms with Crippen LogP contribution in [-0.2, 0) is 10.4 Å². The molecule has 0 radical (unpaired) electrons. The van der Waals surface area contributed by atoms with Gasteiger partial charge in [-0.15, -0.1) is 0 Å². The van der Waals surface area contributed by atoms with Crippen LogP contribution in [0.4, 0.5) is 5.69 Å². The third kappa shape index (κ3) is 3.20. The molecule has 0 aliphatic heterocycles. The van der Waals surface area contributed by atoms with Gasteiger partial charge in [-0.05, 0) is 0 Å². The lowest BCUT2D eigenvalue weighted by molar-refractivity contribution is -0.384. The highest BCUT2D eigenvalue weighted by molar-refractivity contribution is 7.81. The number of hydrogen-bond donors (Lipinski definition) is 1. The summed E-state index contributed by atoms with van der Waals surface area (Å²) in [7, 11) is -4.79. The van der Waals surface area contributed by atoms with Crippen LogP contribution in [-0.4, -0.2) is 17.9 Å². The first-order valence-corrected chi connectivity index (χ1v) is 5.63. The molecular formula is C6H3Cl2NO6S. The smallest absolute Gasteiger partial charge is 0.359 e. The Bertz CT molecular complexity index is 519. The van der Waals surface area contributed by atoms with Crippen molar-refractivity contribution >= 4 is 39.3 Å². The molecule has 1 N–H and O–H groups in total. The van der Waals surface area contributed by atoms with Crippen LogP contribution in [0, 0.1) is 10.1 Å². The quantitative estimate of drug-likeness (QED) is 0.518. The molecule has 0 saturated heterocycles. The summed E-state index contributed by atoms with van der Waals surface area (Å²) in [5, 5.41) is 9.57. The average molecular weight is 288 g/mol. The van der Waals surface area contributed by atoms with E-state index in [1.807, 2.05) is 0 Å². The fourth-order valence-corrected chi connectivity index (χ4v) is 1.87. The first-order valence-electron chi connectivity index (χ1n) is 3.51. The van der Waals surface area contributed by atoms with Gasteiger partial charge in [-0.2, -0.15) is 8.42 Å². The van der Waals surface area contributed by atoms with Crippen molar-refractivity contribution in [3.05, 3.63) is 32.3 Å². The summed E-state index contributed by atoms with van der Waals surface area (Å²) < 4.78 is 33.2. The summed E-state index contributed by atoms with van der Waals surface area (Å²) in [4.78, 5) is 9.61. The number of rotatable bonds is 3. The van der Waals surface area contributed by atoms with Crippen LogP contribution < -0.4 is 4.18 Å². The Morgan fingerprint density at radius 1 is 1.31 bits per heavy atom. The topological polar surface area (TPSA) is 107 Å². The predicted molar refractivity (Wildman–Crippen MR) is 55.3 cm³/mol. The molecule has 16 heavy (non-hydrogen) atoms. The number of non-ortho nitro benzene ring substituents is 1. The molecule has 0 aliphatic carbocycles. The summed E-state index contributed by atoms with van der Waals surface area (Å²) in [6, 6.07) is 1.68. The van der Waals surface area contributed by atoms with Gasteiger partial charge in [0.15, 0.2) is 5.75 Å². The second-order valence-electron chi connectivity index (χ2n) is 2.51. The highest BCUT2D eigenvalue weighted by Gasteiger charge is 2.19. The molecule has 0 aliphatic rings. The molecule has 0 fully saturated rings. The summed E-state index contributed by atoms with van der Waals surface area (Å²) in [6.45, 7) is 0. The zero-order valence-corrected chi connectivity index (χ0v) is 9.58. The van der Waals surface area contributed by atoms with Crippen molar-refractivity contribution in [1.29, 1.82) is 0 Å². The summed E-state index contributed by atoms with van der Waals surface area (Å²) in [5.41, 5.74) is -0.433. The van der Waals surface area contributed by atoms with Gasteiger partial charge >= 0.3 is 10.4 Å². The second kappa shape index (κ2) is 4.42. The SMILES string of the molecule is O=[N+]([O-])c1cc(Cl)c(OS(=O)(=O)O)c(Cl)c1. The van der Waals surface area contributed by atoms with Crippen molar-refractivity contribution in [1.82, 2.24) is 0 Å². The standard InChI is InChI=1S/C6H3Cl2NO6S/c7-4-1-3(9(10)11)2-5(8)6(4)15-16(12,13)14/h1-2H,(H,12,13,14). The van der Waals surface area contributed by atoms with Crippen LogP contribution in [0.2, 0.25) is 10.0 Å². The average Bonchev–Trinajstić information content (AvgIpc) is 2.09. The molecule has 0 aromatic heterocycles. The maximum atomic E-state index is 10.4. The van der Waals surface area contributed by atoms with Gasteiger partial charge in [0.05, 0.1) is 15.0 Å². The van der Waals surface area contributed by atoms with E-state index in [0.717, 1.165) is 12.1 Å². The van der Waals surface area contributed by atoms with E-state index < -0.39 is 36.8 Å². The number of nitro groups is 1. The zero-order chi connectivity index (χ0) is 12.5. The van der Waals surface area contributed by atoms with Crippen molar-refractivity contribution in [2.24, 2.45) is 0 Å². The number of nitrogens with zero attached hydrogens (tertiary/aromatic N) is 1. The lowest BCUT2D eigenvalue weighted by Gasteiger charge is -2.05. The predicted octanol–water partition coefficient (Wildman–Crippen LogP) is 2.08. The van der Waals surface area contributed by atoms with Crippen LogP contribution in [0.15, 0.2) is 12.1 Å².